The van der Waals surface area contributed by atoms with Crippen molar-refractivity contribution in [3.05, 3.63) is 18.3 Å². The van der Waals surface area contributed by atoms with E-state index in [1.165, 1.54) is 12.3 Å². The van der Waals surface area contributed by atoms with E-state index in [9.17, 15) is 17.6 Å². The number of hydrogen-bond donors (Lipinski definition) is 1. The van der Waals surface area contributed by atoms with Crippen molar-refractivity contribution < 1.29 is 27.0 Å². The fourth-order valence-electron chi connectivity index (χ4n) is 5.19. The first-order chi connectivity index (χ1) is 15.7. The van der Waals surface area contributed by atoms with E-state index in [4.69, 9.17) is 15.5 Å². The number of nitrogen functional groups attached to an aromatic ring is 1. The fourth-order valence-corrected chi connectivity index (χ4v) is 5.19. The molecule has 8 nitrogen and oxygen atoms in total. The van der Waals surface area contributed by atoms with Gasteiger partial charge in [0.05, 0.1) is 29.9 Å². The second-order valence-corrected chi connectivity index (χ2v) is 9.23. The van der Waals surface area contributed by atoms with Gasteiger partial charge in [-0.15, -0.1) is 0 Å². The first-order valence-corrected chi connectivity index (χ1v) is 10.8. The molecule has 1 saturated carbocycles. The van der Waals surface area contributed by atoms with E-state index in [2.05, 4.69) is 19.6 Å². The molecular weight excluding hydrogens is 444 g/mol. The number of alkyl halides is 4. The minimum absolute atomic E-state index is 0.119. The van der Waals surface area contributed by atoms with Gasteiger partial charge in [-0.05, 0) is 18.9 Å². The van der Waals surface area contributed by atoms with Crippen LogP contribution in [0.5, 0.6) is 5.75 Å². The second kappa shape index (κ2) is 7.05. The summed E-state index contributed by atoms with van der Waals surface area (Å²) in [6, 6.07) is 3.27. The normalized spacial score (nSPS) is 29.5. The molecule has 3 saturated heterocycles. The molecule has 4 fully saturated rings. The topological polar surface area (TPSA) is 89.6 Å². The lowest BCUT2D eigenvalue weighted by molar-refractivity contribution is -0.0494. The number of hydrogen-bond acceptors (Lipinski definition) is 8. The standard InChI is InChI=1S/C21H22F4N6O2/c22-18(23)33-15-3-11(6-27-17(15)26)14-5-16(31-7-13-4-12(31)8-32-13)29-19(28-14)30-2-1-20(10-30)9-21(20,24)25/h3,5-6,12-13,18H,1-2,4,7-10H2,(H2,26,27)/t12-,13-,20?/m0/s1. The molecule has 1 unspecified atom stereocenters. The Labute approximate surface area is 186 Å². The molecule has 1 spiro atoms. The number of anilines is 3. The molecule has 12 heteroatoms. The Hall–Kier alpha value is -2.89. The van der Waals surface area contributed by atoms with Crippen LogP contribution in [-0.2, 0) is 4.74 Å². The monoisotopic (exact) mass is 466 g/mol. The maximum Gasteiger partial charge on any atom is 0.387 e. The van der Waals surface area contributed by atoms with Gasteiger partial charge in [-0.25, -0.2) is 18.7 Å². The van der Waals surface area contributed by atoms with E-state index < -0.39 is 17.9 Å². The summed E-state index contributed by atoms with van der Waals surface area (Å²) < 4.78 is 63.6. The number of morpholine rings is 1. The zero-order valence-electron chi connectivity index (χ0n) is 17.6. The van der Waals surface area contributed by atoms with E-state index in [0.717, 1.165) is 6.42 Å². The highest BCUT2D eigenvalue weighted by Gasteiger charge is 2.72. The number of nitrogens with zero attached hydrogens (tertiary/aromatic N) is 5. The van der Waals surface area contributed by atoms with Crippen LogP contribution in [0, 0.1) is 5.41 Å². The minimum atomic E-state index is -3.05. The van der Waals surface area contributed by atoms with Gasteiger partial charge in [-0.2, -0.15) is 13.8 Å². The Morgan fingerprint density at radius 2 is 2.06 bits per heavy atom. The third-order valence-electron chi connectivity index (χ3n) is 7.14. The molecule has 4 aliphatic rings. The summed E-state index contributed by atoms with van der Waals surface area (Å²) in [7, 11) is 0. The van der Waals surface area contributed by atoms with Gasteiger partial charge in [0, 0.05) is 43.9 Å². The molecular formula is C21H22F4N6O2. The van der Waals surface area contributed by atoms with Gasteiger partial charge < -0.3 is 25.0 Å². The summed E-state index contributed by atoms with van der Waals surface area (Å²) in [6.07, 6.45) is 2.70. The Morgan fingerprint density at radius 1 is 1.24 bits per heavy atom. The average molecular weight is 466 g/mol. The van der Waals surface area contributed by atoms with Crippen LogP contribution in [-0.4, -0.2) is 65.9 Å². The zero-order valence-corrected chi connectivity index (χ0v) is 17.6. The minimum Gasteiger partial charge on any atom is -0.431 e. The molecule has 0 aromatic carbocycles. The molecule has 33 heavy (non-hydrogen) atoms. The molecule has 2 N–H and O–H groups in total. The fraction of sp³-hybridized carbons (Fsp3) is 0.571. The molecule has 2 aromatic heterocycles. The van der Waals surface area contributed by atoms with Crippen molar-refractivity contribution in [2.24, 2.45) is 5.41 Å². The zero-order chi connectivity index (χ0) is 23.0. The summed E-state index contributed by atoms with van der Waals surface area (Å²) in [5.74, 6) is -2.10. The summed E-state index contributed by atoms with van der Waals surface area (Å²) in [5, 5.41) is 0. The highest BCUT2D eigenvalue weighted by Crippen LogP contribution is 2.65. The van der Waals surface area contributed by atoms with Crippen molar-refractivity contribution in [2.45, 2.75) is 43.9 Å². The lowest BCUT2D eigenvalue weighted by Crippen LogP contribution is -2.38. The van der Waals surface area contributed by atoms with E-state index in [1.807, 2.05) is 0 Å². The van der Waals surface area contributed by atoms with Crippen LogP contribution in [0.25, 0.3) is 11.3 Å². The SMILES string of the molecule is Nc1ncc(-c2cc(N3C[C@@H]4C[C@H]3CO4)nc(N3CCC4(C3)CC4(F)F)n2)cc1OC(F)F. The number of ether oxygens (including phenoxy) is 2. The summed E-state index contributed by atoms with van der Waals surface area (Å²) >= 11 is 0. The summed E-state index contributed by atoms with van der Waals surface area (Å²) in [4.78, 5) is 17.2. The average Bonchev–Trinajstić information content (AvgIpc) is 3.29. The number of aromatic nitrogens is 3. The molecule has 3 aliphatic heterocycles. The van der Waals surface area contributed by atoms with Crippen LogP contribution < -0.4 is 20.3 Å². The van der Waals surface area contributed by atoms with E-state index in [1.54, 1.807) is 11.0 Å². The highest BCUT2D eigenvalue weighted by molar-refractivity contribution is 5.68. The third kappa shape index (κ3) is 3.42. The Balaban J connectivity index is 1.38. The molecule has 176 valence electrons. The van der Waals surface area contributed by atoms with Crippen LogP contribution >= 0.6 is 0 Å². The van der Waals surface area contributed by atoms with Gasteiger partial charge in [0.2, 0.25) is 5.95 Å². The molecule has 0 radical (unpaired) electrons. The molecule has 3 atom stereocenters. The van der Waals surface area contributed by atoms with Crippen LogP contribution in [0.2, 0.25) is 0 Å². The van der Waals surface area contributed by atoms with Crippen molar-refractivity contribution in [3.8, 4) is 17.0 Å². The smallest absolute Gasteiger partial charge is 0.387 e. The second-order valence-electron chi connectivity index (χ2n) is 9.23. The van der Waals surface area contributed by atoms with Gasteiger partial charge in [-0.1, -0.05) is 0 Å². The van der Waals surface area contributed by atoms with Crippen molar-refractivity contribution in [1.29, 1.82) is 0 Å². The van der Waals surface area contributed by atoms with Crippen LogP contribution in [0.4, 0.5) is 35.1 Å². The van der Waals surface area contributed by atoms with Gasteiger partial charge in [0.1, 0.15) is 5.82 Å². The molecule has 0 amide bonds. The van der Waals surface area contributed by atoms with Gasteiger partial charge >= 0.3 is 6.61 Å². The molecule has 1 aliphatic carbocycles. The Kier molecular flexibility index (Phi) is 4.42. The lowest BCUT2D eigenvalue weighted by Gasteiger charge is -2.29. The number of nitrogens with two attached hydrogens (primary N) is 1. The summed E-state index contributed by atoms with van der Waals surface area (Å²) in [6.45, 7) is -1.19. The quantitative estimate of drug-likeness (QED) is 0.673. The van der Waals surface area contributed by atoms with Crippen molar-refractivity contribution in [2.75, 3.05) is 41.8 Å². The lowest BCUT2D eigenvalue weighted by atomic mass is 10.1. The van der Waals surface area contributed by atoms with Crippen molar-refractivity contribution in [1.82, 2.24) is 15.0 Å². The first-order valence-electron chi connectivity index (χ1n) is 10.8. The third-order valence-corrected chi connectivity index (χ3v) is 7.14. The molecule has 6 rings (SSSR count). The van der Waals surface area contributed by atoms with Crippen LogP contribution in [0.15, 0.2) is 18.3 Å². The molecule has 5 heterocycles. The van der Waals surface area contributed by atoms with Gasteiger partial charge in [0.25, 0.3) is 5.92 Å². The van der Waals surface area contributed by atoms with Gasteiger partial charge in [-0.3, -0.25) is 0 Å². The Bertz CT molecular complexity index is 1100. The van der Waals surface area contributed by atoms with Crippen LogP contribution in [0.3, 0.4) is 0 Å². The van der Waals surface area contributed by atoms with E-state index >= 15 is 0 Å². The number of rotatable bonds is 5. The van der Waals surface area contributed by atoms with Gasteiger partial charge in [0.15, 0.2) is 11.6 Å². The molecule has 2 bridgehead atoms. The predicted octanol–water partition coefficient (Wildman–Crippen LogP) is 2.94. The van der Waals surface area contributed by atoms with Crippen LogP contribution in [0.1, 0.15) is 19.3 Å². The highest BCUT2D eigenvalue weighted by atomic mass is 19.3. The van der Waals surface area contributed by atoms with E-state index in [0.29, 0.717) is 49.1 Å². The summed E-state index contributed by atoms with van der Waals surface area (Å²) in [5.41, 5.74) is 5.51. The number of fused-ring (bicyclic) bond motifs is 2. The molecule has 2 aromatic rings. The maximum absolute atomic E-state index is 14.0. The Morgan fingerprint density at radius 3 is 2.70 bits per heavy atom. The number of pyridine rings is 1. The van der Waals surface area contributed by atoms with Crippen molar-refractivity contribution >= 4 is 17.6 Å². The number of halogens is 4. The predicted molar refractivity (Wildman–Crippen MR) is 111 cm³/mol. The van der Waals surface area contributed by atoms with E-state index in [-0.39, 0.29) is 36.7 Å². The first kappa shape index (κ1) is 20.7. The largest absolute Gasteiger partial charge is 0.431 e. The van der Waals surface area contributed by atoms with Crippen molar-refractivity contribution in [3.63, 3.8) is 0 Å². The maximum atomic E-state index is 14.0.